The van der Waals surface area contributed by atoms with Crippen molar-refractivity contribution in [3.05, 3.63) is 29.8 Å². The summed E-state index contributed by atoms with van der Waals surface area (Å²) in [5.74, 6) is 0. The Kier molecular flexibility index (Phi) is 2.46. The molecule has 0 aliphatic carbocycles. The number of furan rings is 1. The highest BCUT2D eigenvalue weighted by atomic mass is 32.2. The van der Waals surface area contributed by atoms with Gasteiger partial charge in [0.2, 0.25) is 0 Å². The summed E-state index contributed by atoms with van der Waals surface area (Å²) in [6.45, 7) is 0. The predicted octanol–water partition coefficient (Wildman–Crippen LogP) is 3.74. The van der Waals surface area contributed by atoms with Crippen LogP contribution < -0.4 is 5.49 Å². The number of fused-ring (bicyclic) bond motifs is 5. The van der Waals surface area contributed by atoms with Crippen LogP contribution in [-0.4, -0.2) is 15.8 Å². The van der Waals surface area contributed by atoms with Crippen molar-refractivity contribution < 1.29 is 4.42 Å². The molecule has 6 heteroatoms. The van der Waals surface area contributed by atoms with Crippen LogP contribution in [0.2, 0.25) is 0 Å². The van der Waals surface area contributed by atoms with E-state index in [-0.39, 0.29) is 0 Å². The number of hydrogen-bond donors (Lipinski definition) is 1. The molecule has 0 atom stereocenters. The number of thiophene rings is 1. The summed E-state index contributed by atoms with van der Waals surface area (Å²) in [5, 5.41) is 10.1. The molecule has 0 unspecified atom stereocenters. The summed E-state index contributed by atoms with van der Waals surface area (Å²) in [7, 11) is 1.84. The van der Waals surface area contributed by atoms with Crippen LogP contribution >= 0.6 is 23.1 Å². The fourth-order valence-corrected chi connectivity index (χ4v) is 4.06. The third-order valence-corrected chi connectivity index (χ3v) is 5.30. The van der Waals surface area contributed by atoms with Gasteiger partial charge >= 0.3 is 0 Å². The van der Waals surface area contributed by atoms with E-state index in [1.807, 2.05) is 25.4 Å². The zero-order valence-electron chi connectivity index (χ0n) is 10.9. The van der Waals surface area contributed by atoms with Gasteiger partial charge in [0, 0.05) is 17.1 Å². The fourth-order valence-electron chi connectivity index (χ4n) is 2.40. The number of nitrogens with one attached hydrogen (secondary N) is 1. The van der Waals surface area contributed by atoms with E-state index in [1.165, 1.54) is 16.5 Å². The normalized spacial score (nSPS) is 11.9. The second-order valence-electron chi connectivity index (χ2n) is 4.54. The van der Waals surface area contributed by atoms with Crippen molar-refractivity contribution in [1.29, 1.82) is 5.41 Å². The molecular formula is C14H11N3OS2. The molecule has 0 amide bonds. The van der Waals surface area contributed by atoms with Crippen molar-refractivity contribution in [2.45, 2.75) is 5.16 Å². The SMILES string of the molecule is CSc1nc2c(oc3c4ccccc4sc23)c(=N)n1C. The first kappa shape index (κ1) is 12.0. The van der Waals surface area contributed by atoms with E-state index in [4.69, 9.17) is 9.83 Å². The molecule has 3 heterocycles. The number of benzene rings is 1. The first-order valence-electron chi connectivity index (χ1n) is 6.10. The summed E-state index contributed by atoms with van der Waals surface area (Å²) < 4.78 is 9.92. The molecule has 0 bridgehead atoms. The van der Waals surface area contributed by atoms with E-state index in [1.54, 1.807) is 15.9 Å². The Morgan fingerprint density at radius 1 is 1.30 bits per heavy atom. The van der Waals surface area contributed by atoms with Crippen LogP contribution in [0.15, 0.2) is 33.8 Å². The molecule has 0 saturated carbocycles. The van der Waals surface area contributed by atoms with Crippen molar-refractivity contribution in [2.24, 2.45) is 7.05 Å². The lowest BCUT2D eigenvalue weighted by Crippen LogP contribution is -2.19. The summed E-state index contributed by atoms with van der Waals surface area (Å²) in [6.07, 6.45) is 1.97. The highest BCUT2D eigenvalue weighted by Crippen LogP contribution is 2.39. The van der Waals surface area contributed by atoms with Gasteiger partial charge in [0.15, 0.2) is 21.8 Å². The molecule has 0 fully saturated rings. The van der Waals surface area contributed by atoms with Gasteiger partial charge in [-0.2, -0.15) is 0 Å². The van der Waals surface area contributed by atoms with Crippen molar-refractivity contribution in [2.75, 3.05) is 6.26 Å². The summed E-state index contributed by atoms with van der Waals surface area (Å²) in [6, 6.07) is 8.16. The van der Waals surface area contributed by atoms with Crippen LogP contribution in [0.5, 0.6) is 0 Å². The van der Waals surface area contributed by atoms with Crippen LogP contribution in [-0.2, 0) is 7.05 Å². The second kappa shape index (κ2) is 4.10. The second-order valence-corrected chi connectivity index (χ2v) is 6.37. The van der Waals surface area contributed by atoms with Gasteiger partial charge in [-0.15, -0.1) is 11.3 Å². The lowest BCUT2D eigenvalue weighted by molar-refractivity contribution is 0.626. The van der Waals surface area contributed by atoms with Gasteiger partial charge in [-0.05, 0) is 18.4 Å². The average Bonchev–Trinajstić information content (AvgIpc) is 2.99. The van der Waals surface area contributed by atoms with Crippen molar-refractivity contribution in [3.8, 4) is 0 Å². The quantitative estimate of drug-likeness (QED) is 0.430. The highest BCUT2D eigenvalue weighted by molar-refractivity contribution is 7.98. The van der Waals surface area contributed by atoms with Crippen LogP contribution in [0.4, 0.5) is 0 Å². The molecule has 0 saturated heterocycles. The van der Waals surface area contributed by atoms with E-state index in [2.05, 4.69) is 17.1 Å². The molecule has 4 nitrogen and oxygen atoms in total. The number of thioether (sulfide) groups is 1. The monoisotopic (exact) mass is 301 g/mol. The summed E-state index contributed by atoms with van der Waals surface area (Å²) in [5.41, 5.74) is 2.58. The maximum atomic E-state index is 8.23. The Labute approximate surface area is 122 Å². The third kappa shape index (κ3) is 1.43. The lowest BCUT2D eigenvalue weighted by atomic mass is 10.2. The minimum Gasteiger partial charge on any atom is -0.449 e. The first-order valence-corrected chi connectivity index (χ1v) is 8.14. The minimum absolute atomic E-state index is 0.367. The predicted molar refractivity (Wildman–Crippen MR) is 83.5 cm³/mol. The number of rotatable bonds is 1. The Morgan fingerprint density at radius 3 is 2.90 bits per heavy atom. The van der Waals surface area contributed by atoms with Crippen molar-refractivity contribution >= 4 is 54.6 Å². The van der Waals surface area contributed by atoms with E-state index in [0.717, 1.165) is 26.3 Å². The number of nitrogens with zero attached hydrogens (tertiary/aromatic N) is 2. The van der Waals surface area contributed by atoms with E-state index >= 15 is 0 Å². The Bertz CT molecular complexity index is 1030. The van der Waals surface area contributed by atoms with Crippen LogP contribution in [0.1, 0.15) is 0 Å². The van der Waals surface area contributed by atoms with Crippen LogP contribution in [0.25, 0.3) is 31.5 Å². The topological polar surface area (TPSA) is 54.8 Å². The van der Waals surface area contributed by atoms with Gasteiger partial charge in [-0.1, -0.05) is 23.9 Å². The van der Waals surface area contributed by atoms with Crippen LogP contribution in [0, 0.1) is 5.41 Å². The minimum atomic E-state index is 0.367. The van der Waals surface area contributed by atoms with Gasteiger partial charge in [0.1, 0.15) is 10.2 Å². The lowest BCUT2D eigenvalue weighted by Gasteiger charge is -2.04. The zero-order chi connectivity index (χ0) is 13.9. The van der Waals surface area contributed by atoms with Gasteiger partial charge in [-0.3, -0.25) is 5.41 Å². The van der Waals surface area contributed by atoms with Gasteiger partial charge < -0.3 is 8.98 Å². The first-order chi connectivity index (χ1) is 9.70. The van der Waals surface area contributed by atoms with Gasteiger partial charge in [-0.25, -0.2) is 4.98 Å². The Balaban J connectivity index is 2.27. The molecule has 0 aliphatic rings. The molecule has 3 aromatic heterocycles. The van der Waals surface area contributed by atoms with E-state index in [0.29, 0.717) is 11.1 Å². The Morgan fingerprint density at radius 2 is 2.10 bits per heavy atom. The zero-order valence-corrected chi connectivity index (χ0v) is 12.6. The molecular weight excluding hydrogens is 290 g/mol. The maximum absolute atomic E-state index is 8.23. The molecule has 100 valence electrons. The van der Waals surface area contributed by atoms with Gasteiger partial charge in [0.05, 0.1) is 0 Å². The van der Waals surface area contributed by atoms with E-state index < -0.39 is 0 Å². The highest BCUT2D eigenvalue weighted by Gasteiger charge is 2.17. The molecule has 4 aromatic rings. The standard InChI is InChI=1S/C14H11N3OS2/c1-17-13(15)11-9(16-14(17)19-2)12-10(18-11)7-5-3-4-6-8(7)20-12/h3-6,15H,1-2H3. The smallest absolute Gasteiger partial charge is 0.197 e. The fraction of sp³-hybridized carbons (Fsp3) is 0.143. The summed E-state index contributed by atoms with van der Waals surface area (Å²) >= 11 is 3.21. The van der Waals surface area contributed by atoms with Crippen LogP contribution in [0.3, 0.4) is 0 Å². The maximum Gasteiger partial charge on any atom is 0.197 e. The molecule has 0 aliphatic heterocycles. The molecule has 1 aromatic carbocycles. The molecule has 0 radical (unpaired) electrons. The largest absolute Gasteiger partial charge is 0.449 e. The molecule has 4 rings (SSSR count). The van der Waals surface area contributed by atoms with Gasteiger partial charge in [0.25, 0.3) is 0 Å². The number of hydrogen-bond acceptors (Lipinski definition) is 5. The third-order valence-electron chi connectivity index (χ3n) is 3.41. The Hall–Kier alpha value is -1.79. The number of aromatic nitrogens is 2. The van der Waals surface area contributed by atoms with E-state index in [9.17, 15) is 0 Å². The van der Waals surface area contributed by atoms with Crippen molar-refractivity contribution in [1.82, 2.24) is 9.55 Å². The molecule has 0 spiro atoms. The summed E-state index contributed by atoms with van der Waals surface area (Å²) in [4.78, 5) is 4.66. The molecule has 20 heavy (non-hydrogen) atoms. The average molecular weight is 301 g/mol. The molecule has 1 N–H and O–H groups in total. The van der Waals surface area contributed by atoms with Crippen molar-refractivity contribution in [3.63, 3.8) is 0 Å².